The van der Waals surface area contributed by atoms with Crippen LogP contribution in [0.5, 0.6) is 5.75 Å². The normalized spacial score (nSPS) is 12.6. The standard InChI is InChI=1S/C20H17ClN2O2S2/c1-25-15-7-5-14(6-8-15)13-22-20(26)18(23-11-3-2-4-12-23)19(24)16-9-10-17(21)27-16/h2-12,18H,13H2,1H3. The van der Waals surface area contributed by atoms with Gasteiger partial charge < -0.3 is 22.4 Å². The Hall–Kier alpha value is -2.28. The van der Waals surface area contributed by atoms with Crippen molar-refractivity contribution < 1.29 is 14.1 Å². The van der Waals surface area contributed by atoms with Gasteiger partial charge in [0.1, 0.15) is 5.75 Å². The third-order valence-corrected chi connectivity index (χ3v) is 5.51. The monoisotopic (exact) mass is 416 g/mol. The van der Waals surface area contributed by atoms with Crippen LogP contribution in [0.3, 0.4) is 0 Å². The smallest absolute Gasteiger partial charge is 0.244 e. The molecule has 1 aromatic carbocycles. The predicted molar refractivity (Wildman–Crippen MR) is 111 cm³/mol. The highest BCUT2D eigenvalue weighted by molar-refractivity contribution is 7.77. The molecule has 0 fully saturated rings. The van der Waals surface area contributed by atoms with Gasteiger partial charge in [0.2, 0.25) is 11.8 Å². The summed E-state index contributed by atoms with van der Waals surface area (Å²) in [4.78, 5) is 18.1. The molecule has 0 spiro atoms. The molecule has 0 amide bonds. The fourth-order valence-corrected chi connectivity index (χ4v) is 3.83. The topological polar surface area (TPSA) is 42.5 Å². The first-order valence-electron chi connectivity index (χ1n) is 8.18. The molecule has 0 radical (unpaired) electrons. The van der Waals surface area contributed by atoms with Crippen molar-refractivity contribution in [2.75, 3.05) is 7.11 Å². The van der Waals surface area contributed by atoms with E-state index in [1.54, 1.807) is 23.8 Å². The fraction of sp³-hybridized carbons (Fsp3) is 0.150. The van der Waals surface area contributed by atoms with E-state index >= 15 is 0 Å². The second-order valence-electron chi connectivity index (χ2n) is 5.70. The van der Waals surface area contributed by atoms with Crippen molar-refractivity contribution in [2.45, 2.75) is 12.6 Å². The van der Waals surface area contributed by atoms with Crippen LogP contribution in [-0.4, -0.2) is 17.9 Å². The molecule has 1 atom stereocenters. The maximum atomic E-state index is 13.1. The molecule has 2 heterocycles. The number of ketones is 1. The van der Waals surface area contributed by atoms with Crippen molar-refractivity contribution >= 4 is 46.4 Å². The number of methoxy groups -OCH3 is 1. The molecule has 0 N–H and O–H groups in total. The molecule has 138 valence electrons. The summed E-state index contributed by atoms with van der Waals surface area (Å²) in [5, 5.41) is 0.330. The van der Waals surface area contributed by atoms with Crippen LogP contribution in [0, 0.1) is 0 Å². The number of carbonyl (C=O) groups excluding carboxylic acids is 1. The van der Waals surface area contributed by atoms with Crippen molar-refractivity contribution in [3.8, 4) is 5.75 Å². The van der Waals surface area contributed by atoms with Crippen LogP contribution in [-0.2, 0) is 19.2 Å². The summed E-state index contributed by atoms with van der Waals surface area (Å²) in [7, 11) is 1.62. The summed E-state index contributed by atoms with van der Waals surface area (Å²) >= 11 is 12.8. The number of carbonyl (C=O) groups is 1. The number of halogens is 1. The van der Waals surface area contributed by atoms with Crippen LogP contribution in [0.4, 0.5) is 0 Å². The number of thiophene rings is 1. The molecule has 1 unspecified atom stereocenters. The Morgan fingerprint density at radius 2 is 1.89 bits per heavy atom. The zero-order valence-electron chi connectivity index (χ0n) is 14.5. The lowest BCUT2D eigenvalue weighted by Crippen LogP contribution is -2.47. The van der Waals surface area contributed by atoms with Gasteiger partial charge in [0, 0.05) is 12.1 Å². The average molecular weight is 417 g/mol. The molecule has 3 aromatic rings. The maximum absolute atomic E-state index is 13.1. The van der Waals surface area contributed by atoms with E-state index in [0.29, 0.717) is 20.8 Å². The lowest BCUT2D eigenvalue weighted by atomic mass is 10.1. The molecule has 4 nitrogen and oxygen atoms in total. The highest BCUT2D eigenvalue weighted by Gasteiger charge is 2.29. The van der Waals surface area contributed by atoms with Gasteiger partial charge in [0.15, 0.2) is 12.4 Å². The summed E-state index contributed by atoms with van der Waals surface area (Å²) < 4.78 is 7.50. The highest BCUT2D eigenvalue weighted by Crippen LogP contribution is 2.24. The largest absolute Gasteiger partial charge is 0.758 e. The van der Waals surface area contributed by atoms with Crippen LogP contribution >= 0.6 is 22.9 Å². The quantitative estimate of drug-likeness (QED) is 0.190. The number of aliphatic imine (C=N–C) groups is 1. The van der Waals surface area contributed by atoms with Crippen molar-refractivity contribution in [2.24, 2.45) is 4.99 Å². The molecule has 2 aromatic heterocycles. The van der Waals surface area contributed by atoms with Crippen LogP contribution in [0.1, 0.15) is 21.3 Å². The minimum atomic E-state index is -0.686. The molecule has 27 heavy (non-hydrogen) atoms. The summed E-state index contributed by atoms with van der Waals surface area (Å²) in [6.07, 6.45) is 3.62. The van der Waals surface area contributed by atoms with Crippen LogP contribution in [0.15, 0.2) is 72.0 Å². The van der Waals surface area contributed by atoms with E-state index in [-0.39, 0.29) is 5.78 Å². The number of pyridine rings is 1. The van der Waals surface area contributed by atoms with Crippen LogP contribution < -0.4 is 9.30 Å². The molecule has 0 saturated carbocycles. The van der Waals surface area contributed by atoms with Gasteiger partial charge in [0.05, 0.1) is 22.9 Å². The maximum Gasteiger partial charge on any atom is 0.244 e. The third-order valence-electron chi connectivity index (χ3n) is 3.91. The summed E-state index contributed by atoms with van der Waals surface area (Å²) in [5.41, 5.74) is 0.988. The van der Waals surface area contributed by atoms with Gasteiger partial charge in [-0.3, -0.25) is 4.79 Å². The predicted octanol–water partition coefficient (Wildman–Crippen LogP) is 4.27. The van der Waals surface area contributed by atoms with E-state index < -0.39 is 6.04 Å². The number of Topliss-reactive ketones (excluding diaryl/α,β-unsaturated/α-hetero) is 1. The molecule has 0 saturated heterocycles. The van der Waals surface area contributed by atoms with E-state index in [4.69, 9.17) is 29.0 Å². The first-order chi connectivity index (χ1) is 13.1. The van der Waals surface area contributed by atoms with Gasteiger partial charge in [-0.05, 0) is 34.9 Å². The van der Waals surface area contributed by atoms with Gasteiger partial charge >= 0.3 is 0 Å². The Bertz CT molecular complexity index is 940. The van der Waals surface area contributed by atoms with Gasteiger partial charge in [0.25, 0.3) is 0 Å². The SMILES string of the molecule is COc1ccc(CN=C([S-])C(C(=O)c2ccc(Cl)s2)[n+]2ccccc2)cc1. The second kappa shape index (κ2) is 9.08. The van der Waals surface area contributed by atoms with E-state index in [1.165, 1.54) is 11.3 Å². The number of ether oxygens (including phenoxy) is 1. The number of rotatable bonds is 7. The van der Waals surface area contributed by atoms with Crippen molar-refractivity contribution in [3.63, 3.8) is 0 Å². The molecule has 7 heteroatoms. The first-order valence-corrected chi connectivity index (χ1v) is 9.78. The van der Waals surface area contributed by atoms with Gasteiger partial charge in [-0.2, -0.15) is 4.57 Å². The summed E-state index contributed by atoms with van der Waals surface area (Å²) in [5.74, 6) is 0.662. The molecule has 0 aliphatic rings. The number of hydrogen-bond acceptors (Lipinski definition) is 5. The first kappa shape index (κ1) is 19.5. The zero-order valence-corrected chi connectivity index (χ0v) is 16.9. The molecule has 0 aliphatic carbocycles. The minimum Gasteiger partial charge on any atom is -0.758 e. The second-order valence-corrected chi connectivity index (χ2v) is 7.83. The number of benzene rings is 1. The van der Waals surface area contributed by atoms with Crippen LogP contribution in [0.2, 0.25) is 4.34 Å². The minimum absolute atomic E-state index is 0.119. The molecular weight excluding hydrogens is 400 g/mol. The van der Waals surface area contributed by atoms with Crippen molar-refractivity contribution in [1.29, 1.82) is 0 Å². The highest BCUT2D eigenvalue weighted by atomic mass is 35.5. The van der Waals surface area contributed by atoms with Crippen LogP contribution in [0.25, 0.3) is 0 Å². The molecule has 0 bridgehead atoms. The van der Waals surface area contributed by atoms with Crippen molar-refractivity contribution in [1.82, 2.24) is 0 Å². The Kier molecular flexibility index (Phi) is 6.55. The van der Waals surface area contributed by atoms with E-state index in [1.807, 2.05) is 54.9 Å². The van der Waals surface area contributed by atoms with Gasteiger partial charge in [-0.15, -0.1) is 11.3 Å². The Morgan fingerprint density at radius 3 is 2.48 bits per heavy atom. The molecule has 0 aliphatic heterocycles. The number of aromatic nitrogens is 1. The summed E-state index contributed by atoms with van der Waals surface area (Å²) in [6.45, 7) is 0.394. The Labute approximate surface area is 172 Å². The Morgan fingerprint density at radius 1 is 1.19 bits per heavy atom. The Balaban J connectivity index is 1.88. The summed E-state index contributed by atoms with van der Waals surface area (Å²) in [6, 6.07) is 15.9. The lowest BCUT2D eigenvalue weighted by Gasteiger charge is -2.18. The molecule has 3 rings (SSSR count). The zero-order chi connectivity index (χ0) is 19.2. The van der Waals surface area contributed by atoms with Gasteiger partial charge in [-0.1, -0.05) is 29.8 Å². The number of hydrogen-bond donors (Lipinski definition) is 0. The van der Waals surface area contributed by atoms with Crippen molar-refractivity contribution in [3.05, 3.63) is 81.8 Å². The van der Waals surface area contributed by atoms with E-state index in [2.05, 4.69) is 4.99 Å². The lowest BCUT2D eigenvalue weighted by molar-refractivity contribution is -0.691. The van der Waals surface area contributed by atoms with Gasteiger partial charge in [-0.25, -0.2) is 0 Å². The van der Waals surface area contributed by atoms with E-state index in [0.717, 1.165) is 11.3 Å². The molecular formula is C20H17ClN2O2S2. The fourth-order valence-electron chi connectivity index (χ4n) is 2.53. The van der Waals surface area contributed by atoms with E-state index in [9.17, 15) is 4.79 Å². The third kappa shape index (κ3) is 4.91. The average Bonchev–Trinajstić information content (AvgIpc) is 3.14. The number of nitrogens with zero attached hydrogens (tertiary/aromatic N) is 2.